The lowest BCUT2D eigenvalue weighted by molar-refractivity contribution is 0.0926. The molecule has 4 heteroatoms. The molecule has 19 heavy (non-hydrogen) atoms. The first-order valence-corrected chi connectivity index (χ1v) is 6.86. The molecule has 2 aromatic rings. The van der Waals surface area contributed by atoms with Crippen LogP contribution in [-0.4, -0.2) is 23.0 Å². The number of hydrogen-bond donors (Lipinski definition) is 3. The Balaban J connectivity index is 1.69. The van der Waals surface area contributed by atoms with Crippen LogP contribution in [0.1, 0.15) is 36.0 Å². The van der Waals surface area contributed by atoms with Crippen molar-refractivity contribution in [1.29, 1.82) is 0 Å². The minimum atomic E-state index is 0.0111. The van der Waals surface area contributed by atoms with E-state index in [1.54, 1.807) is 0 Å². The number of carbonyl (C=O) groups is 1. The predicted molar refractivity (Wildman–Crippen MR) is 76.0 cm³/mol. The van der Waals surface area contributed by atoms with Crippen molar-refractivity contribution in [3.05, 3.63) is 36.0 Å². The SMILES string of the molecule is N[C@H]1CC[C@H](NC(=O)c2ccc3cc[nH]c3c2)CC1. The molecule has 1 aromatic heterocycles. The third-order valence-electron chi connectivity index (χ3n) is 3.92. The Morgan fingerprint density at radius 3 is 2.79 bits per heavy atom. The standard InChI is InChI=1S/C15H19N3O/c16-12-3-5-13(6-4-12)18-15(19)11-2-1-10-7-8-17-14(10)9-11/h1-2,7-9,12-13,17H,3-6,16H2,(H,18,19)/t12-,13-. The van der Waals surface area contributed by atoms with E-state index in [2.05, 4.69) is 10.3 Å². The number of rotatable bonds is 2. The lowest BCUT2D eigenvalue weighted by Crippen LogP contribution is -2.40. The Kier molecular flexibility index (Phi) is 3.25. The number of hydrogen-bond acceptors (Lipinski definition) is 2. The average Bonchev–Trinajstić information content (AvgIpc) is 2.88. The molecule has 0 saturated heterocycles. The van der Waals surface area contributed by atoms with E-state index in [0.717, 1.165) is 36.6 Å². The highest BCUT2D eigenvalue weighted by Crippen LogP contribution is 2.18. The molecular formula is C15H19N3O. The number of aromatic amines is 1. The van der Waals surface area contributed by atoms with Crippen molar-refractivity contribution in [3.8, 4) is 0 Å². The number of nitrogens with one attached hydrogen (secondary N) is 2. The zero-order valence-corrected chi connectivity index (χ0v) is 10.9. The summed E-state index contributed by atoms with van der Waals surface area (Å²) < 4.78 is 0. The van der Waals surface area contributed by atoms with Crippen LogP contribution in [0, 0.1) is 0 Å². The first kappa shape index (κ1) is 12.2. The van der Waals surface area contributed by atoms with Crippen molar-refractivity contribution in [3.63, 3.8) is 0 Å². The number of carbonyl (C=O) groups excluding carboxylic acids is 1. The van der Waals surface area contributed by atoms with Gasteiger partial charge in [-0.05, 0) is 49.3 Å². The molecule has 0 aliphatic heterocycles. The molecule has 1 saturated carbocycles. The fourth-order valence-corrected chi connectivity index (χ4v) is 2.72. The summed E-state index contributed by atoms with van der Waals surface area (Å²) in [5.74, 6) is 0.0111. The molecule has 1 aliphatic carbocycles. The van der Waals surface area contributed by atoms with Crippen molar-refractivity contribution in [2.75, 3.05) is 0 Å². The number of fused-ring (bicyclic) bond motifs is 1. The predicted octanol–water partition coefficient (Wildman–Crippen LogP) is 2.17. The molecule has 3 rings (SSSR count). The Labute approximate surface area is 112 Å². The second-order valence-electron chi connectivity index (χ2n) is 5.36. The summed E-state index contributed by atoms with van der Waals surface area (Å²) >= 11 is 0. The zero-order chi connectivity index (χ0) is 13.2. The van der Waals surface area contributed by atoms with Gasteiger partial charge in [-0.15, -0.1) is 0 Å². The fraction of sp³-hybridized carbons (Fsp3) is 0.400. The quantitative estimate of drug-likeness (QED) is 0.771. The van der Waals surface area contributed by atoms with Crippen LogP contribution in [0.3, 0.4) is 0 Å². The van der Waals surface area contributed by atoms with Gasteiger partial charge in [0.1, 0.15) is 0 Å². The summed E-state index contributed by atoms with van der Waals surface area (Å²) in [6, 6.07) is 8.33. The highest BCUT2D eigenvalue weighted by Gasteiger charge is 2.20. The van der Waals surface area contributed by atoms with Gasteiger partial charge in [0, 0.05) is 29.4 Å². The fourth-order valence-electron chi connectivity index (χ4n) is 2.72. The Morgan fingerprint density at radius 1 is 1.21 bits per heavy atom. The molecule has 0 atom stereocenters. The minimum Gasteiger partial charge on any atom is -0.361 e. The second kappa shape index (κ2) is 5.05. The van der Waals surface area contributed by atoms with Crippen LogP contribution in [0.5, 0.6) is 0 Å². The molecule has 4 N–H and O–H groups in total. The van der Waals surface area contributed by atoms with Crippen LogP contribution in [0.25, 0.3) is 10.9 Å². The minimum absolute atomic E-state index is 0.0111. The van der Waals surface area contributed by atoms with Gasteiger partial charge in [0.2, 0.25) is 0 Å². The lowest BCUT2D eigenvalue weighted by atomic mass is 9.91. The Morgan fingerprint density at radius 2 is 2.00 bits per heavy atom. The zero-order valence-electron chi connectivity index (χ0n) is 10.9. The van der Waals surface area contributed by atoms with E-state index in [9.17, 15) is 4.79 Å². The summed E-state index contributed by atoms with van der Waals surface area (Å²) in [7, 11) is 0. The van der Waals surface area contributed by atoms with Crippen LogP contribution in [0.4, 0.5) is 0 Å². The maximum Gasteiger partial charge on any atom is 0.251 e. The third kappa shape index (κ3) is 2.63. The highest BCUT2D eigenvalue weighted by atomic mass is 16.1. The van der Waals surface area contributed by atoms with E-state index < -0.39 is 0 Å². The third-order valence-corrected chi connectivity index (χ3v) is 3.92. The molecular weight excluding hydrogens is 238 g/mol. The van der Waals surface area contributed by atoms with Crippen LogP contribution < -0.4 is 11.1 Å². The van der Waals surface area contributed by atoms with Crippen molar-refractivity contribution in [2.24, 2.45) is 5.73 Å². The van der Waals surface area contributed by atoms with Crippen LogP contribution in [0.15, 0.2) is 30.5 Å². The van der Waals surface area contributed by atoms with E-state index >= 15 is 0 Å². The van der Waals surface area contributed by atoms with E-state index in [0.29, 0.717) is 11.6 Å². The maximum absolute atomic E-state index is 12.2. The van der Waals surface area contributed by atoms with Gasteiger partial charge in [0.15, 0.2) is 0 Å². The van der Waals surface area contributed by atoms with E-state index in [4.69, 9.17) is 5.73 Å². The highest BCUT2D eigenvalue weighted by molar-refractivity contribution is 5.98. The number of benzene rings is 1. The first-order valence-electron chi connectivity index (χ1n) is 6.86. The normalized spacial score (nSPS) is 23.4. The molecule has 0 unspecified atom stereocenters. The molecule has 1 fully saturated rings. The summed E-state index contributed by atoms with van der Waals surface area (Å²) in [4.78, 5) is 15.3. The van der Waals surface area contributed by atoms with Gasteiger partial charge in [-0.3, -0.25) is 4.79 Å². The van der Waals surface area contributed by atoms with Gasteiger partial charge in [-0.2, -0.15) is 0 Å². The maximum atomic E-state index is 12.2. The summed E-state index contributed by atoms with van der Waals surface area (Å²) in [5, 5.41) is 4.23. The number of nitrogens with two attached hydrogens (primary N) is 1. The summed E-state index contributed by atoms with van der Waals surface area (Å²) in [5.41, 5.74) is 7.58. The van der Waals surface area contributed by atoms with Crippen molar-refractivity contribution >= 4 is 16.8 Å². The molecule has 0 spiro atoms. The molecule has 100 valence electrons. The van der Waals surface area contributed by atoms with Crippen LogP contribution in [0.2, 0.25) is 0 Å². The van der Waals surface area contributed by atoms with Gasteiger partial charge in [-0.25, -0.2) is 0 Å². The Bertz CT molecular complexity index is 582. The van der Waals surface area contributed by atoms with Gasteiger partial charge in [-0.1, -0.05) is 6.07 Å². The number of amides is 1. The van der Waals surface area contributed by atoms with Crippen LogP contribution in [-0.2, 0) is 0 Å². The second-order valence-corrected chi connectivity index (χ2v) is 5.36. The lowest BCUT2D eigenvalue weighted by Gasteiger charge is -2.26. The van der Waals surface area contributed by atoms with Gasteiger partial charge in [0.05, 0.1) is 0 Å². The van der Waals surface area contributed by atoms with Gasteiger partial charge in [0.25, 0.3) is 5.91 Å². The van der Waals surface area contributed by atoms with Crippen molar-refractivity contribution < 1.29 is 4.79 Å². The van der Waals surface area contributed by atoms with Crippen molar-refractivity contribution in [2.45, 2.75) is 37.8 Å². The van der Waals surface area contributed by atoms with Crippen LogP contribution >= 0.6 is 0 Å². The molecule has 1 aromatic carbocycles. The molecule has 4 nitrogen and oxygen atoms in total. The number of H-pyrrole nitrogens is 1. The number of aromatic nitrogens is 1. The Hall–Kier alpha value is -1.81. The average molecular weight is 257 g/mol. The topological polar surface area (TPSA) is 70.9 Å². The first-order chi connectivity index (χ1) is 9.22. The summed E-state index contributed by atoms with van der Waals surface area (Å²) in [6.07, 6.45) is 5.85. The summed E-state index contributed by atoms with van der Waals surface area (Å²) in [6.45, 7) is 0. The molecule has 1 heterocycles. The van der Waals surface area contributed by atoms with Crippen molar-refractivity contribution in [1.82, 2.24) is 10.3 Å². The van der Waals surface area contributed by atoms with E-state index in [1.165, 1.54) is 0 Å². The molecule has 0 radical (unpaired) electrons. The van der Waals surface area contributed by atoms with E-state index in [-0.39, 0.29) is 11.9 Å². The van der Waals surface area contributed by atoms with E-state index in [1.807, 2.05) is 30.5 Å². The smallest absolute Gasteiger partial charge is 0.251 e. The molecule has 1 amide bonds. The monoisotopic (exact) mass is 257 g/mol. The van der Waals surface area contributed by atoms with Gasteiger partial charge >= 0.3 is 0 Å². The molecule has 1 aliphatic rings. The molecule has 0 bridgehead atoms. The van der Waals surface area contributed by atoms with Gasteiger partial charge < -0.3 is 16.0 Å². The largest absolute Gasteiger partial charge is 0.361 e.